The molecule has 112 valence electrons. The summed E-state index contributed by atoms with van der Waals surface area (Å²) in [6.07, 6.45) is 5.16. The van der Waals surface area contributed by atoms with Crippen molar-refractivity contribution < 1.29 is 4.74 Å². The smallest absolute Gasteiger partial charge is 0.0586 e. The van der Waals surface area contributed by atoms with Crippen LogP contribution in [0.2, 0.25) is 0 Å². The van der Waals surface area contributed by atoms with Gasteiger partial charge in [-0.05, 0) is 36.7 Å². The standard InChI is InChI=1S/C18H29NO/c1-18(2,3)13-17(14-8-6-5-7-9-14)19-15-10-11-16(12-15)20-4/h5-9,15-17,19H,10-13H2,1-4H3. The van der Waals surface area contributed by atoms with E-state index in [2.05, 4.69) is 56.4 Å². The molecule has 1 aliphatic rings. The summed E-state index contributed by atoms with van der Waals surface area (Å²) in [5.74, 6) is 0. The van der Waals surface area contributed by atoms with Crippen molar-refractivity contribution in [3.63, 3.8) is 0 Å². The van der Waals surface area contributed by atoms with Gasteiger partial charge in [-0.2, -0.15) is 0 Å². The van der Waals surface area contributed by atoms with Crippen LogP contribution in [0.25, 0.3) is 0 Å². The third-order valence-corrected chi connectivity index (χ3v) is 4.17. The monoisotopic (exact) mass is 275 g/mol. The van der Waals surface area contributed by atoms with Gasteiger partial charge >= 0.3 is 0 Å². The van der Waals surface area contributed by atoms with Crippen LogP contribution in [-0.4, -0.2) is 19.3 Å². The molecule has 2 nitrogen and oxygen atoms in total. The quantitative estimate of drug-likeness (QED) is 0.864. The second-order valence-corrected chi connectivity index (χ2v) is 7.26. The average molecular weight is 275 g/mol. The summed E-state index contributed by atoms with van der Waals surface area (Å²) in [6, 6.07) is 11.9. The zero-order valence-corrected chi connectivity index (χ0v) is 13.4. The van der Waals surface area contributed by atoms with Gasteiger partial charge in [-0.15, -0.1) is 0 Å². The van der Waals surface area contributed by atoms with Gasteiger partial charge in [-0.1, -0.05) is 51.1 Å². The first-order chi connectivity index (χ1) is 9.48. The van der Waals surface area contributed by atoms with E-state index in [0.717, 1.165) is 12.8 Å². The van der Waals surface area contributed by atoms with Crippen LogP contribution < -0.4 is 5.32 Å². The maximum atomic E-state index is 5.49. The van der Waals surface area contributed by atoms with E-state index in [1.165, 1.54) is 18.4 Å². The minimum Gasteiger partial charge on any atom is -0.381 e. The van der Waals surface area contributed by atoms with Crippen molar-refractivity contribution in [1.29, 1.82) is 0 Å². The lowest BCUT2D eigenvalue weighted by molar-refractivity contribution is 0.106. The Hall–Kier alpha value is -0.860. The number of hydrogen-bond donors (Lipinski definition) is 1. The highest BCUT2D eigenvalue weighted by Crippen LogP contribution is 2.32. The zero-order valence-electron chi connectivity index (χ0n) is 13.4. The van der Waals surface area contributed by atoms with Crippen LogP contribution >= 0.6 is 0 Å². The van der Waals surface area contributed by atoms with Gasteiger partial charge < -0.3 is 10.1 Å². The molecule has 20 heavy (non-hydrogen) atoms. The number of nitrogens with one attached hydrogen (secondary N) is 1. The molecule has 2 rings (SSSR count). The van der Waals surface area contributed by atoms with E-state index in [1.807, 2.05) is 7.11 Å². The van der Waals surface area contributed by atoms with Crippen molar-refractivity contribution >= 4 is 0 Å². The SMILES string of the molecule is COC1CCC(NC(CC(C)(C)C)c2ccccc2)C1. The van der Waals surface area contributed by atoms with E-state index in [9.17, 15) is 0 Å². The molecule has 0 bridgehead atoms. The molecule has 0 aromatic heterocycles. The Balaban J connectivity index is 2.04. The molecule has 1 aromatic rings. The van der Waals surface area contributed by atoms with Crippen LogP contribution in [0.3, 0.4) is 0 Å². The summed E-state index contributed by atoms with van der Waals surface area (Å²) in [7, 11) is 1.83. The summed E-state index contributed by atoms with van der Waals surface area (Å²) >= 11 is 0. The van der Waals surface area contributed by atoms with Gasteiger partial charge in [0.15, 0.2) is 0 Å². The molecular formula is C18H29NO. The molecule has 1 aromatic carbocycles. The van der Waals surface area contributed by atoms with Crippen LogP contribution in [0, 0.1) is 5.41 Å². The third kappa shape index (κ3) is 4.60. The molecular weight excluding hydrogens is 246 g/mol. The molecule has 0 spiro atoms. The molecule has 1 N–H and O–H groups in total. The summed E-state index contributed by atoms with van der Waals surface area (Å²) in [5.41, 5.74) is 1.73. The molecule has 3 unspecified atom stereocenters. The highest BCUT2D eigenvalue weighted by molar-refractivity contribution is 5.19. The van der Waals surface area contributed by atoms with E-state index in [0.29, 0.717) is 23.6 Å². The fourth-order valence-corrected chi connectivity index (χ4v) is 3.16. The second kappa shape index (κ2) is 6.73. The average Bonchev–Trinajstić information content (AvgIpc) is 2.85. The molecule has 1 aliphatic carbocycles. The number of methoxy groups -OCH3 is 1. The molecule has 2 heteroatoms. The van der Waals surface area contributed by atoms with Gasteiger partial charge in [0.2, 0.25) is 0 Å². The van der Waals surface area contributed by atoms with Gasteiger partial charge in [-0.25, -0.2) is 0 Å². The van der Waals surface area contributed by atoms with Crippen LogP contribution in [0.1, 0.15) is 58.1 Å². The van der Waals surface area contributed by atoms with Gasteiger partial charge in [0.1, 0.15) is 0 Å². The largest absolute Gasteiger partial charge is 0.381 e. The predicted molar refractivity (Wildman–Crippen MR) is 84.8 cm³/mol. The minimum absolute atomic E-state index is 0.326. The molecule has 0 heterocycles. The van der Waals surface area contributed by atoms with Crippen molar-refractivity contribution in [2.24, 2.45) is 5.41 Å². The van der Waals surface area contributed by atoms with Gasteiger partial charge in [0, 0.05) is 19.2 Å². The highest BCUT2D eigenvalue weighted by atomic mass is 16.5. The molecule has 3 atom stereocenters. The molecule has 0 aliphatic heterocycles. The highest BCUT2D eigenvalue weighted by Gasteiger charge is 2.28. The molecule has 0 amide bonds. The van der Waals surface area contributed by atoms with Crippen molar-refractivity contribution in [3.8, 4) is 0 Å². The number of hydrogen-bond acceptors (Lipinski definition) is 2. The minimum atomic E-state index is 0.326. The van der Waals surface area contributed by atoms with Crippen LogP contribution in [0.5, 0.6) is 0 Å². The number of benzene rings is 1. The molecule has 0 radical (unpaired) electrons. The Labute approximate surface area is 123 Å². The maximum absolute atomic E-state index is 5.49. The predicted octanol–water partition coefficient (Wildman–Crippen LogP) is 4.32. The van der Waals surface area contributed by atoms with E-state index in [-0.39, 0.29) is 0 Å². The van der Waals surface area contributed by atoms with Crippen LogP contribution in [-0.2, 0) is 4.74 Å². The van der Waals surface area contributed by atoms with E-state index in [1.54, 1.807) is 0 Å². The molecule has 1 fully saturated rings. The van der Waals surface area contributed by atoms with Crippen molar-refractivity contribution in [2.75, 3.05) is 7.11 Å². The Morgan fingerprint density at radius 2 is 1.90 bits per heavy atom. The Kier molecular flexibility index (Phi) is 5.22. The van der Waals surface area contributed by atoms with E-state index < -0.39 is 0 Å². The fraction of sp³-hybridized carbons (Fsp3) is 0.667. The summed E-state index contributed by atoms with van der Waals surface area (Å²) in [4.78, 5) is 0. The normalized spacial score (nSPS) is 24.8. The Morgan fingerprint density at radius 1 is 1.20 bits per heavy atom. The lowest BCUT2D eigenvalue weighted by Gasteiger charge is -2.30. The topological polar surface area (TPSA) is 21.3 Å². The molecule has 1 saturated carbocycles. The number of rotatable bonds is 5. The van der Waals surface area contributed by atoms with E-state index in [4.69, 9.17) is 4.74 Å². The molecule has 0 saturated heterocycles. The lowest BCUT2D eigenvalue weighted by atomic mass is 9.85. The maximum Gasteiger partial charge on any atom is 0.0586 e. The van der Waals surface area contributed by atoms with Crippen molar-refractivity contribution in [1.82, 2.24) is 5.32 Å². The lowest BCUT2D eigenvalue weighted by Crippen LogP contribution is -2.33. The van der Waals surface area contributed by atoms with Gasteiger partial charge in [0.05, 0.1) is 6.10 Å². The van der Waals surface area contributed by atoms with Crippen LogP contribution in [0.15, 0.2) is 30.3 Å². The Bertz CT molecular complexity index is 396. The first-order valence-corrected chi connectivity index (χ1v) is 7.82. The summed E-state index contributed by atoms with van der Waals surface area (Å²) in [5, 5.41) is 3.87. The summed E-state index contributed by atoms with van der Waals surface area (Å²) in [6.45, 7) is 6.95. The van der Waals surface area contributed by atoms with Gasteiger partial charge in [-0.3, -0.25) is 0 Å². The first kappa shape index (κ1) is 15.5. The zero-order chi connectivity index (χ0) is 14.6. The fourth-order valence-electron chi connectivity index (χ4n) is 3.16. The summed E-state index contributed by atoms with van der Waals surface area (Å²) < 4.78 is 5.49. The Morgan fingerprint density at radius 3 is 2.45 bits per heavy atom. The number of ether oxygens (including phenoxy) is 1. The second-order valence-electron chi connectivity index (χ2n) is 7.26. The van der Waals surface area contributed by atoms with E-state index >= 15 is 0 Å². The first-order valence-electron chi connectivity index (χ1n) is 7.82. The van der Waals surface area contributed by atoms with Crippen molar-refractivity contribution in [3.05, 3.63) is 35.9 Å². The van der Waals surface area contributed by atoms with Crippen molar-refractivity contribution in [2.45, 2.75) is 64.6 Å². The van der Waals surface area contributed by atoms with Gasteiger partial charge in [0.25, 0.3) is 0 Å². The van der Waals surface area contributed by atoms with Crippen LogP contribution in [0.4, 0.5) is 0 Å². The third-order valence-electron chi connectivity index (χ3n) is 4.17.